The van der Waals surface area contributed by atoms with Gasteiger partial charge in [0.15, 0.2) is 5.16 Å². The molecule has 1 heterocycles. The van der Waals surface area contributed by atoms with Crippen molar-refractivity contribution in [3.63, 3.8) is 0 Å². The zero-order chi connectivity index (χ0) is 17.7. The maximum atomic E-state index is 12.2. The van der Waals surface area contributed by atoms with Gasteiger partial charge in [-0.3, -0.25) is 4.79 Å². The van der Waals surface area contributed by atoms with Crippen molar-refractivity contribution in [1.29, 1.82) is 0 Å². The van der Waals surface area contributed by atoms with Gasteiger partial charge < -0.3 is 14.6 Å². The molecule has 2 aromatic rings. The summed E-state index contributed by atoms with van der Waals surface area (Å²) in [4.78, 5) is 16.7. The first kappa shape index (κ1) is 19.1. The van der Waals surface area contributed by atoms with Gasteiger partial charge in [0, 0.05) is 19.3 Å². The van der Waals surface area contributed by atoms with Crippen LogP contribution in [0.4, 0.5) is 5.69 Å². The number of carbonyl (C=O) groups excluding carboxylic acids is 1. The molecular weight excluding hydrogens is 369 g/mol. The second-order valence-corrected chi connectivity index (χ2v) is 6.88. The van der Waals surface area contributed by atoms with E-state index in [0.29, 0.717) is 28.9 Å². The summed E-state index contributed by atoms with van der Waals surface area (Å²) >= 11 is 13.4. The van der Waals surface area contributed by atoms with Gasteiger partial charge in [0.1, 0.15) is 0 Å². The van der Waals surface area contributed by atoms with E-state index in [2.05, 4.69) is 14.9 Å². The first-order valence-electron chi connectivity index (χ1n) is 7.33. The standard InChI is InChI=1S/C16H19Cl2N3O2S/c1-10-11(2)21(7-8-23-3)16(19-10)24-9-14(22)20-13-6-4-5-12(17)15(13)18/h4-6H,7-9H2,1-3H3,(H,20,22). The molecule has 0 saturated carbocycles. The summed E-state index contributed by atoms with van der Waals surface area (Å²) in [5, 5.41) is 4.31. The predicted molar refractivity (Wildman–Crippen MR) is 99.4 cm³/mol. The maximum absolute atomic E-state index is 12.2. The number of hydrogen-bond acceptors (Lipinski definition) is 4. The number of ether oxygens (including phenoxy) is 1. The number of thioether (sulfide) groups is 1. The SMILES string of the molecule is COCCn1c(SCC(=O)Nc2cccc(Cl)c2Cl)nc(C)c1C. The van der Waals surface area contributed by atoms with E-state index < -0.39 is 0 Å². The highest BCUT2D eigenvalue weighted by Crippen LogP contribution is 2.30. The van der Waals surface area contributed by atoms with E-state index in [1.165, 1.54) is 11.8 Å². The molecule has 0 atom stereocenters. The fourth-order valence-electron chi connectivity index (χ4n) is 2.10. The van der Waals surface area contributed by atoms with Gasteiger partial charge >= 0.3 is 0 Å². The number of halogens is 2. The van der Waals surface area contributed by atoms with Crippen molar-refractivity contribution >= 4 is 46.6 Å². The molecule has 1 aromatic heterocycles. The minimum atomic E-state index is -0.166. The number of anilines is 1. The smallest absolute Gasteiger partial charge is 0.234 e. The number of nitrogens with zero attached hydrogens (tertiary/aromatic N) is 2. The molecule has 24 heavy (non-hydrogen) atoms. The molecule has 0 bridgehead atoms. The Morgan fingerprint density at radius 2 is 2.12 bits per heavy atom. The molecule has 1 amide bonds. The molecule has 5 nitrogen and oxygen atoms in total. The lowest BCUT2D eigenvalue weighted by molar-refractivity contribution is -0.113. The van der Waals surface area contributed by atoms with Gasteiger partial charge in [-0.15, -0.1) is 0 Å². The van der Waals surface area contributed by atoms with Crippen molar-refractivity contribution in [2.24, 2.45) is 0 Å². The van der Waals surface area contributed by atoms with Crippen LogP contribution < -0.4 is 5.32 Å². The Morgan fingerprint density at radius 3 is 2.83 bits per heavy atom. The highest BCUT2D eigenvalue weighted by Gasteiger charge is 2.14. The van der Waals surface area contributed by atoms with Gasteiger partial charge in [-0.1, -0.05) is 41.0 Å². The number of methoxy groups -OCH3 is 1. The zero-order valence-electron chi connectivity index (χ0n) is 13.7. The Kier molecular flexibility index (Phi) is 6.98. The lowest BCUT2D eigenvalue weighted by Gasteiger charge is -2.10. The largest absolute Gasteiger partial charge is 0.383 e. The highest BCUT2D eigenvalue weighted by atomic mass is 35.5. The van der Waals surface area contributed by atoms with Crippen LogP contribution in [0.5, 0.6) is 0 Å². The van der Waals surface area contributed by atoms with Gasteiger partial charge in [-0.2, -0.15) is 0 Å². The summed E-state index contributed by atoms with van der Waals surface area (Å²) in [6, 6.07) is 5.12. The van der Waals surface area contributed by atoms with Crippen LogP contribution in [0.1, 0.15) is 11.4 Å². The second-order valence-electron chi connectivity index (χ2n) is 5.15. The Hall–Kier alpha value is -1.21. The van der Waals surface area contributed by atoms with Crippen LogP contribution in [-0.2, 0) is 16.1 Å². The van der Waals surface area contributed by atoms with Crippen LogP contribution >= 0.6 is 35.0 Å². The Morgan fingerprint density at radius 1 is 1.38 bits per heavy atom. The number of benzene rings is 1. The van der Waals surface area contributed by atoms with Gasteiger partial charge in [-0.05, 0) is 26.0 Å². The van der Waals surface area contributed by atoms with Crippen molar-refractivity contribution < 1.29 is 9.53 Å². The third-order valence-electron chi connectivity index (χ3n) is 3.50. The fourth-order valence-corrected chi connectivity index (χ4v) is 3.36. The summed E-state index contributed by atoms with van der Waals surface area (Å²) < 4.78 is 7.19. The fraction of sp³-hybridized carbons (Fsp3) is 0.375. The van der Waals surface area contributed by atoms with E-state index in [9.17, 15) is 4.79 Å². The molecule has 2 rings (SSSR count). The van der Waals surface area contributed by atoms with Crippen molar-refractivity contribution in [2.75, 3.05) is 24.8 Å². The third kappa shape index (κ3) is 4.66. The number of carbonyl (C=O) groups is 1. The average molecular weight is 388 g/mol. The van der Waals surface area contributed by atoms with E-state index in [1.54, 1.807) is 25.3 Å². The molecule has 0 aliphatic carbocycles. The molecule has 0 saturated heterocycles. The van der Waals surface area contributed by atoms with Crippen molar-refractivity contribution in [3.05, 3.63) is 39.6 Å². The number of imidazole rings is 1. The van der Waals surface area contributed by atoms with Gasteiger partial charge in [0.05, 0.1) is 33.8 Å². The molecule has 1 N–H and O–H groups in total. The van der Waals surface area contributed by atoms with Crippen LogP contribution in [-0.4, -0.2) is 34.9 Å². The van der Waals surface area contributed by atoms with E-state index in [0.717, 1.165) is 16.5 Å². The molecule has 130 valence electrons. The minimum absolute atomic E-state index is 0.166. The molecule has 0 aliphatic rings. The number of nitrogens with one attached hydrogen (secondary N) is 1. The maximum Gasteiger partial charge on any atom is 0.234 e. The van der Waals surface area contributed by atoms with E-state index in [-0.39, 0.29) is 11.7 Å². The molecule has 0 aliphatic heterocycles. The second kappa shape index (κ2) is 8.76. The molecule has 8 heteroatoms. The first-order valence-corrected chi connectivity index (χ1v) is 9.07. The summed E-state index contributed by atoms with van der Waals surface area (Å²) in [5.74, 6) is 0.0619. The van der Waals surface area contributed by atoms with Crippen LogP contribution in [0.15, 0.2) is 23.4 Å². The van der Waals surface area contributed by atoms with Gasteiger partial charge in [-0.25, -0.2) is 4.98 Å². The molecular formula is C16H19Cl2N3O2S. The van der Waals surface area contributed by atoms with Crippen LogP contribution in [0.25, 0.3) is 0 Å². The van der Waals surface area contributed by atoms with E-state index in [4.69, 9.17) is 27.9 Å². The van der Waals surface area contributed by atoms with E-state index >= 15 is 0 Å². The zero-order valence-corrected chi connectivity index (χ0v) is 16.1. The van der Waals surface area contributed by atoms with Crippen molar-refractivity contribution in [1.82, 2.24) is 9.55 Å². The number of amides is 1. The summed E-state index contributed by atoms with van der Waals surface area (Å²) in [7, 11) is 1.66. The van der Waals surface area contributed by atoms with Crippen molar-refractivity contribution in [2.45, 2.75) is 25.5 Å². The third-order valence-corrected chi connectivity index (χ3v) is 5.30. The van der Waals surface area contributed by atoms with Crippen LogP contribution in [0.2, 0.25) is 10.0 Å². The number of aromatic nitrogens is 2. The summed E-state index contributed by atoms with van der Waals surface area (Å²) in [6.45, 7) is 5.25. The predicted octanol–water partition coefficient (Wildman–Crippen LogP) is 4.18. The molecule has 0 radical (unpaired) electrons. The molecule has 1 aromatic carbocycles. The summed E-state index contributed by atoms with van der Waals surface area (Å²) in [5.41, 5.74) is 2.53. The number of aryl methyl sites for hydroxylation is 1. The van der Waals surface area contributed by atoms with E-state index in [1.807, 2.05) is 13.8 Å². The number of hydrogen-bond donors (Lipinski definition) is 1. The van der Waals surface area contributed by atoms with Crippen LogP contribution in [0.3, 0.4) is 0 Å². The molecule has 0 fully saturated rings. The quantitative estimate of drug-likeness (QED) is 0.723. The average Bonchev–Trinajstić information content (AvgIpc) is 2.82. The van der Waals surface area contributed by atoms with Crippen LogP contribution in [0, 0.1) is 13.8 Å². The summed E-state index contributed by atoms with van der Waals surface area (Å²) in [6.07, 6.45) is 0. The van der Waals surface area contributed by atoms with Gasteiger partial charge in [0.25, 0.3) is 0 Å². The Labute approximate surface area is 155 Å². The van der Waals surface area contributed by atoms with Gasteiger partial charge in [0.2, 0.25) is 5.91 Å². The highest BCUT2D eigenvalue weighted by molar-refractivity contribution is 7.99. The minimum Gasteiger partial charge on any atom is -0.383 e. The topological polar surface area (TPSA) is 56.1 Å². The monoisotopic (exact) mass is 387 g/mol. The lowest BCUT2D eigenvalue weighted by atomic mass is 10.3. The van der Waals surface area contributed by atoms with Crippen molar-refractivity contribution in [3.8, 4) is 0 Å². The Bertz CT molecular complexity index is 734. The Balaban J connectivity index is 2.01. The number of rotatable bonds is 7. The first-order chi connectivity index (χ1) is 11.4. The molecule has 0 spiro atoms. The molecule has 0 unspecified atom stereocenters. The lowest BCUT2D eigenvalue weighted by Crippen LogP contribution is -2.15. The normalized spacial score (nSPS) is 10.9.